The Morgan fingerprint density at radius 3 is 2.47 bits per heavy atom. The highest BCUT2D eigenvalue weighted by molar-refractivity contribution is 7.54. The Morgan fingerprint density at radius 1 is 1.13 bits per heavy atom. The first-order chi connectivity index (χ1) is 18.2. The number of anilines is 1. The first kappa shape index (κ1) is 28.2. The Hall–Kier alpha value is -1.37. The molecule has 5 atom stereocenters. The molecule has 14 heteroatoms. The van der Waals surface area contributed by atoms with Crippen LogP contribution in [-0.4, -0.2) is 75.6 Å². The third-order valence-electron chi connectivity index (χ3n) is 6.98. The zero-order valence-electron chi connectivity index (χ0n) is 22.5. The Labute approximate surface area is 227 Å². The van der Waals surface area contributed by atoms with Gasteiger partial charge in [0.1, 0.15) is 24.1 Å². The van der Waals surface area contributed by atoms with Gasteiger partial charge in [-0.1, -0.05) is 12.8 Å². The number of hydrogen-bond donors (Lipinski definition) is 1. The fourth-order valence-electron chi connectivity index (χ4n) is 5.57. The van der Waals surface area contributed by atoms with Gasteiger partial charge in [0, 0.05) is 12.6 Å². The fourth-order valence-corrected chi connectivity index (χ4v) is 7.76. The van der Waals surface area contributed by atoms with Gasteiger partial charge >= 0.3 is 7.60 Å². The van der Waals surface area contributed by atoms with Crippen LogP contribution in [0.1, 0.15) is 66.5 Å². The van der Waals surface area contributed by atoms with Crippen molar-refractivity contribution < 1.29 is 32.6 Å². The molecule has 2 aromatic rings. The Bertz CT molecular complexity index is 1170. The molecule has 4 heterocycles. The third-order valence-corrected chi connectivity index (χ3v) is 9.45. The van der Waals surface area contributed by atoms with E-state index in [9.17, 15) is 4.57 Å². The van der Waals surface area contributed by atoms with Gasteiger partial charge in [-0.3, -0.25) is 4.57 Å². The molecule has 1 saturated carbocycles. The minimum absolute atomic E-state index is 0.0964. The SMILES string of the molecule is CCOC([C@@H]1O[C@@H](n2ncc3c(NC4CCCC4)nc(Cl)nc32)[C@@H]2OC(C)(C)O[C@H]21)P(=O)(OCC)OCC. The lowest BCUT2D eigenvalue weighted by molar-refractivity contribution is -0.207. The summed E-state index contributed by atoms with van der Waals surface area (Å²) in [5.74, 6) is -1.32. The second-order valence-electron chi connectivity index (χ2n) is 10.1. The van der Waals surface area contributed by atoms with Crippen molar-refractivity contribution in [2.45, 2.75) is 103 Å². The van der Waals surface area contributed by atoms with Crippen LogP contribution in [-0.2, 0) is 32.6 Å². The zero-order valence-corrected chi connectivity index (χ0v) is 24.1. The van der Waals surface area contributed by atoms with Crippen molar-refractivity contribution in [2.24, 2.45) is 0 Å². The van der Waals surface area contributed by atoms with Gasteiger partial charge in [0.25, 0.3) is 0 Å². The molecular weight excluding hydrogens is 537 g/mol. The molecule has 0 spiro atoms. The lowest BCUT2D eigenvalue weighted by atomic mass is 10.1. The van der Waals surface area contributed by atoms with E-state index in [4.69, 9.17) is 39.6 Å². The van der Waals surface area contributed by atoms with Crippen LogP contribution in [0.3, 0.4) is 0 Å². The maximum absolute atomic E-state index is 13.9. The van der Waals surface area contributed by atoms with E-state index < -0.39 is 43.8 Å². The van der Waals surface area contributed by atoms with Crippen molar-refractivity contribution in [3.8, 4) is 0 Å². The van der Waals surface area contributed by atoms with Crippen LogP contribution in [0.25, 0.3) is 11.0 Å². The first-order valence-corrected chi connectivity index (χ1v) is 15.4. The van der Waals surface area contributed by atoms with Crippen molar-refractivity contribution in [2.75, 3.05) is 25.1 Å². The predicted octanol–water partition coefficient (Wildman–Crippen LogP) is 4.88. The van der Waals surface area contributed by atoms with Gasteiger partial charge in [0.15, 0.2) is 23.5 Å². The van der Waals surface area contributed by atoms with E-state index in [0.29, 0.717) is 17.5 Å². The molecule has 1 unspecified atom stereocenters. The van der Waals surface area contributed by atoms with Crippen LogP contribution < -0.4 is 5.32 Å². The number of nitrogens with one attached hydrogen (secondary N) is 1. The minimum atomic E-state index is -3.74. The number of aromatic nitrogens is 4. The van der Waals surface area contributed by atoms with Crippen LogP contribution in [0, 0.1) is 0 Å². The molecule has 2 saturated heterocycles. The molecule has 2 aromatic heterocycles. The van der Waals surface area contributed by atoms with E-state index in [-0.39, 0.29) is 25.1 Å². The second kappa shape index (κ2) is 11.2. The van der Waals surface area contributed by atoms with Crippen LogP contribution >= 0.6 is 19.2 Å². The van der Waals surface area contributed by atoms with Gasteiger partial charge in [-0.2, -0.15) is 15.1 Å². The molecule has 3 aliphatic rings. The van der Waals surface area contributed by atoms with Crippen molar-refractivity contribution in [3.05, 3.63) is 11.5 Å². The van der Waals surface area contributed by atoms with Crippen molar-refractivity contribution in [3.63, 3.8) is 0 Å². The fraction of sp³-hybridized carbons (Fsp3) is 0.792. The number of fused-ring (bicyclic) bond motifs is 2. The minimum Gasteiger partial charge on any atom is -0.367 e. The summed E-state index contributed by atoms with van der Waals surface area (Å²) >= 11 is 6.36. The van der Waals surface area contributed by atoms with Crippen LogP contribution in [0.4, 0.5) is 5.82 Å². The maximum Gasteiger partial charge on any atom is 0.361 e. The molecular formula is C24H37ClN5O7P. The number of ether oxygens (including phenoxy) is 4. The standard InChI is InChI=1S/C24H37ClN5O7P/c1-6-32-22(38(31,33-7-2)34-8-3)18-16-17(37-24(4,5)36-16)21(35-18)30-20-15(13-26-30)19(28-23(25)29-20)27-14-11-9-10-12-14/h13-14,16-18,21-22H,6-12H2,1-5H3,(H,27,28,29)/t16-,17-,18-,21-,22?/m1/s1. The Balaban J connectivity index is 1.53. The summed E-state index contributed by atoms with van der Waals surface area (Å²) in [5, 5.41) is 8.94. The smallest absolute Gasteiger partial charge is 0.361 e. The number of nitrogens with zero attached hydrogens (tertiary/aromatic N) is 4. The second-order valence-corrected chi connectivity index (χ2v) is 12.5. The average Bonchev–Trinajstić information content (AvgIpc) is 3.62. The van der Waals surface area contributed by atoms with Crippen LogP contribution in [0.2, 0.25) is 5.28 Å². The molecule has 38 heavy (non-hydrogen) atoms. The summed E-state index contributed by atoms with van der Waals surface area (Å²) in [6.45, 7) is 9.61. The molecule has 3 fully saturated rings. The van der Waals surface area contributed by atoms with E-state index in [0.717, 1.165) is 18.2 Å². The Morgan fingerprint density at radius 2 is 1.82 bits per heavy atom. The number of halogens is 1. The normalized spacial score (nSPS) is 28.3. The summed E-state index contributed by atoms with van der Waals surface area (Å²) in [5.41, 5.74) is 0.494. The number of rotatable bonds is 11. The summed E-state index contributed by atoms with van der Waals surface area (Å²) in [6.07, 6.45) is 3.38. The van der Waals surface area contributed by atoms with Gasteiger partial charge in [-0.05, 0) is 59.1 Å². The first-order valence-electron chi connectivity index (χ1n) is 13.4. The highest BCUT2D eigenvalue weighted by atomic mass is 35.5. The molecule has 5 rings (SSSR count). The molecule has 1 N–H and O–H groups in total. The van der Waals surface area contributed by atoms with Crippen molar-refractivity contribution >= 4 is 36.0 Å². The molecule has 0 amide bonds. The predicted molar refractivity (Wildman–Crippen MR) is 140 cm³/mol. The number of hydrogen-bond acceptors (Lipinski definition) is 11. The van der Waals surface area contributed by atoms with E-state index in [2.05, 4.69) is 20.4 Å². The summed E-state index contributed by atoms with van der Waals surface area (Å²) < 4.78 is 51.9. The molecule has 0 aromatic carbocycles. The highest BCUT2D eigenvalue weighted by Crippen LogP contribution is 2.59. The molecule has 2 aliphatic heterocycles. The van der Waals surface area contributed by atoms with Crippen LogP contribution in [0.5, 0.6) is 0 Å². The van der Waals surface area contributed by atoms with Gasteiger partial charge in [-0.25, -0.2) is 4.68 Å². The van der Waals surface area contributed by atoms with E-state index in [1.807, 2.05) is 20.8 Å². The van der Waals surface area contributed by atoms with Crippen LogP contribution in [0.15, 0.2) is 6.20 Å². The lowest BCUT2D eigenvalue weighted by Crippen LogP contribution is -2.40. The topological polar surface area (TPSA) is 128 Å². The summed E-state index contributed by atoms with van der Waals surface area (Å²) in [6, 6.07) is 0.328. The molecule has 1 aliphatic carbocycles. The van der Waals surface area contributed by atoms with Gasteiger partial charge in [-0.15, -0.1) is 0 Å². The van der Waals surface area contributed by atoms with E-state index in [1.165, 1.54) is 12.8 Å². The third kappa shape index (κ3) is 5.34. The molecule has 212 valence electrons. The van der Waals surface area contributed by atoms with E-state index in [1.54, 1.807) is 24.7 Å². The van der Waals surface area contributed by atoms with Crippen molar-refractivity contribution in [1.82, 2.24) is 19.7 Å². The summed E-state index contributed by atoms with van der Waals surface area (Å²) in [7, 11) is -3.74. The van der Waals surface area contributed by atoms with E-state index >= 15 is 0 Å². The molecule has 0 bridgehead atoms. The maximum atomic E-state index is 13.9. The monoisotopic (exact) mass is 573 g/mol. The summed E-state index contributed by atoms with van der Waals surface area (Å²) in [4.78, 5) is 8.92. The Kier molecular flexibility index (Phi) is 8.34. The highest BCUT2D eigenvalue weighted by Gasteiger charge is 2.62. The molecule has 12 nitrogen and oxygen atoms in total. The molecule has 0 radical (unpaired) electrons. The van der Waals surface area contributed by atoms with Crippen molar-refractivity contribution in [1.29, 1.82) is 0 Å². The largest absolute Gasteiger partial charge is 0.367 e. The zero-order chi connectivity index (χ0) is 27.1. The lowest BCUT2D eigenvalue weighted by Gasteiger charge is -2.32. The quantitative estimate of drug-likeness (QED) is 0.292. The van der Waals surface area contributed by atoms with Gasteiger partial charge in [0.05, 0.1) is 24.8 Å². The van der Waals surface area contributed by atoms with Gasteiger partial charge < -0.3 is 33.3 Å². The van der Waals surface area contributed by atoms with Gasteiger partial charge in [0.2, 0.25) is 5.28 Å². The average molecular weight is 574 g/mol.